The highest BCUT2D eigenvalue weighted by Gasteiger charge is 2.49. The van der Waals surface area contributed by atoms with Crippen LogP contribution in [0.2, 0.25) is 0 Å². The summed E-state index contributed by atoms with van der Waals surface area (Å²) < 4.78 is 22.5. The number of hydrogen-bond acceptors (Lipinski definition) is 7. The Hall–Kier alpha value is -3.79. The van der Waals surface area contributed by atoms with Crippen LogP contribution in [0.1, 0.15) is 32.8 Å². The van der Waals surface area contributed by atoms with Crippen molar-refractivity contribution in [3.05, 3.63) is 54.1 Å². The first-order valence-electron chi connectivity index (χ1n) is 13.1. The van der Waals surface area contributed by atoms with E-state index in [2.05, 4.69) is 5.32 Å². The first-order chi connectivity index (χ1) is 18.6. The predicted molar refractivity (Wildman–Crippen MR) is 145 cm³/mol. The summed E-state index contributed by atoms with van der Waals surface area (Å²) in [5, 5.41) is 2.82. The van der Waals surface area contributed by atoms with E-state index in [9.17, 15) is 14.4 Å². The predicted octanol–water partition coefficient (Wildman–Crippen LogP) is 3.49. The van der Waals surface area contributed by atoms with Gasteiger partial charge in [-0.25, -0.2) is 4.79 Å². The van der Waals surface area contributed by atoms with Crippen molar-refractivity contribution in [1.29, 1.82) is 0 Å². The number of benzene rings is 2. The van der Waals surface area contributed by atoms with Gasteiger partial charge in [-0.15, -0.1) is 0 Å². The average molecular weight is 540 g/mol. The average Bonchev–Trinajstić information content (AvgIpc) is 3.32. The van der Waals surface area contributed by atoms with Gasteiger partial charge in [-0.3, -0.25) is 9.59 Å². The Labute approximate surface area is 229 Å². The molecule has 0 aliphatic carbocycles. The van der Waals surface area contributed by atoms with Gasteiger partial charge in [-0.05, 0) is 57.0 Å². The molecule has 0 spiro atoms. The van der Waals surface area contributed by atoms with Crippen LogP contribution in [0.5, 0.6) is 11.5 Å². The molecule has 3 atom stereocenters. The van der Waals surface area contributed by atoms with Gasteiger partial charge in [-0.2, -0.15) is 0 Å². The van der Waals surface area contributed by atoms with Crippen molar-refractivity contribution in [3.8, 4) is 11.5 Å². The standard InChI is InChI=1S/C29H37N3O7/c1-29(2,3)39-28(35)31-17-21-25(18-31)38-24(16-26(33)30-20-9-7-6-8-10-20)27(34)32(21)14-13-19-11-12-22(36-4)23(15-19)37-5/h6-12,15,21,24-25H,13-14,16-18H2,1-5H3,(H,30,33). The molecule has 210 valence electrons. The van der Waals surface area contributed by atoms with Crippen LogP contribution in [0, 0.1) is 0 Å². The lowest BCUT2D eigenvalue weighted by Crippen LogP contribution is -2.59. The van der Waals surface area contributed by atoms with Gasteiger partial charge in [0.05, 0.1) is 39.3 Å². The Morgan fingerprint density at radius 3 is 2.41 bits per heavy atom. The van der Waals surface area contributed by atoms with Gasteiger partial charge in [0.25, 0.3) is 5.91 Å². The second kappa shape index (κ2) is 11.9. The number of carbonyl (C=O) groups is 3. The summed E-state index contributed by atoms with van der Waals surface area (Å²) in [5.41, 5.74) is 0.960. The van der Waals surface area contributed by atoms with Crippen molar-refractivity contribution >= 4 is 23.6 Å². The lowest BCUT2D eigenvalue weighted by atomic mass is 10.0. The van der Waals surface area contributed by atoms with Crippen LogP contribution in [-0.2, 0) is 25.5 Å². The molecule has 10 heteroatoms. The first kappa shape index (κ1) is 28.2. The summed E-state index contributed by atoms with van der Waals surface area (Å²) >= 11 is 0. The third-order valence-electron chi connectivity index (χ3n) is 6.70. The molecule has 3 unspecified atom stereocenters. The molecule has 2 fully saturated rings. The zero-order valence-corrected chi connectivity index (χ0v) is 23.1. The molecule has 4 rings (SSSR count). The molecule has 2 aliphatic rings. The van der Waals surface area contributed by atoms with Crippen molar-refractivity contribution in [2.45, 2.75) is 57.5 Å². The van der Waals surface area contributed by atoms with Gasteiger partial charge >= 0.3 is 6.09 Å². The monoisotopic (exact) mass is 539 g/mol. The molecule has 0 bridgehead atoms. The maximum Gasteiger partial charge on any atom is 0.410 e. The normalized spacial score (nSPS) is 20.8. The SMILES string of the molecule is COc1ccc(CCN2C(=O)C(CC(=O)Nc3ccccc3)OC3CN(C(=O)OC(C)(C)C)CC32)cc1OC. The minimum atomic E-state index is -0.959. The van der Waals surface area contributed by atoms with Crippen LogP contribution in [0.15, 0.2) is 48.5 Å². The maximum atomic E-state index is 13.6. The topological polar surface area (TPSA) is 107 Å². The number of nitrogens with zero attached hydrogens (tertiary/aromatic N) is 2. The number of likely N-dealkylation sites (tertiary alicyclic amines) is 1. The quantitative estimate of drug-likeness (QED) is 0.547. The zero-order chi connectivity index (χ0) is 28.2. The minimum Gasteiger partial charge on any atom is -0.493 e. The Balaban J connectivity index is 1.51. The number of morpholine rings is 1. The lowest BCUT2D eigenvalue weighted by Gasteiger charge is -2.40. The largest absolute Gasteiger partial charge is 0.493 e. The zero-order valence-electron chi connectivity index (χ0n) is 23.1. The number of ether oxygens (including phenoxy) is 4. The number of amides is 3. The molecule has 1 N–H and O–H groups in total. The van der Waals surface area contributed by atoms with Crippen LogP contribution < -0.4 is 14.8 Å². The fourth-order valence-electron chi connectivity index (χ4n) is 4.88. The summed E-state index contributed by atoms with van der Waals surface area (Å²) in [6.45, 7) is 6.38. The van der Waals surface area contributed by atoms with E-state index >= 15 is 0 Å². The van der Waals surface area contributed by atoms with Crippen molar-refractivity contribution in [2.75, 3.05) is 39.2 Å². The fraction of sp³-hybridized carbons (Fsp3) is 0.483. The van der Waals surface area contributed by atoms with Gasteiger partial charge in [-0.1, -0.05) is 24.3 Å². The van der Waals surface area contributed by atoms with Crippen molar-refractivity contribution < 1.29 is 33.3 Å². The number of nitrogens with one attached hydrogen (secondary N) is 1. The molecule has 0 radical (unpaired) electrons. The Kier molecular flexibility index (Phi) is 8.64. The highest BCUT2D eigenvalue weighted by Crippen LogP contribution is 2.31. The van der Waals surface area contributed by atoms with E-state index in [0.717, 1.165) is 5.56 Å². The number of rotatable bonds is 8. The second-order valence-electron chi connectivity index (χ2n) is 10.7. The molecule has 2 heterocycles. The van der Waals surface area contributed by atoms with Crippen LogP contribution in [-0.4, -0.2) is 85.4 Å². The third kappa shape index (κ3) is 7.00. The van der Waals surface area contributed by atoms with E-state index in [1.165, 1.54) is 0 Å². The Morgan fingerprint density at radius 1 is 1.03 bits per heavy atom. The maximum absolute atomic E-state index is 13.6. The van der Waals surface area contributed by atoms with Gasteiger partial charge in [0, 0.05) is 18.8 Å². The molecule has 3 amide bonds. The molecule has 2 aliphatic heterocycles. The first-order valence-corrected chi connectivity index (χ1v) is 13.1. The lowest BCUT2D eigenvalue weighted by molar-refractivity contribution is -0.168. The van der Waals surface area contributed by atoms with E-state index in [0.29, 0.717) is 36.7 Å². The molecular weight excluding hydrogens is 502 g/mol. The fourth-order valence-corrected chi connectivity index (χ4v) is 4.88. The van der Waals surface area contributed by atoms with Gasteiger partial charge in [0.1, 0.15) is 11.7 Å². The number of anilines is 1. The van der Waals surface area contributed by atoms with Crippen molar-refractivity contribution in [1.82, 2.24) is 9.80 Å². The van der Waals surface area contributed by atoms with Gasteiger partial charge < -0.3 is 34.1 Å². The van der Waals surface area contributed by atoms with E-state index in [4.69, 9.17) is 18.9 Å². The molecule has 10 nitrogen and oxygen atoms in total. The van der Waals surface area contributed by atoms with Crippen LogP contribution >= 0.6 is 0 Å². The molecule has 2 aromatic carbocycles. The number of methoxy groups -OCH3 is 2. The molecular formula is C29H37N3O7. The Bertz CT molecular complexity index is 1180. The summed E-state index contributed by atoms with van der Waals surface area (Å²) in [6, 6.07) is 14.4. The molecule has 2 saturated heterocycles. The number of fused-ring (bicyclic) bond motifs is 1. The summed E-state index contributed by atoms with van der Waals surface area (Å²) in [7, 11) is 3.15. The highest BCUT2D eigenvalue weighted by molar-refractivity contribution is 5.95. The smallest absolute Gasteiger partial charge is 0.410 e. The second-order valence-corrected chi connectivity index (χ2v) is 10.7. The van der Waals surface area contributed by atoms with Crippen LogP contribution in [0.4, 0.5) is 10.5 Å². The summed E-state index contributed by atoms with van der Waals surface area (Å²) in [6.07, 6.45) is -1.43. The van der Waals surface area contributed by atoms with E-state index in [-0.39, 0.29) is 30.8 Å². The minimum absolute atomic E-state index is 0.129. The Morgan fingerprint density at radius 2 is 1.74 bits per heavy atom. The van der Waals surface area contributed by atoms with Crippen LogP contribution in [0.3, 0.4) is 0 Å². The number of carbonyl (C=O) groups excluding carboxylic acids is 3. The van der Waals surface area contributed by atoms with Crippen molar-refractivity contribution in [3.63, 3.8) is 0 Å². The van der Waals surface area contributed by atoms with E-state index in [1.54, 1.807) is 36.2 Å². The van der Waals surface area contributed by atoms with Crippen molar-refractivity contribution in [2.24, 2.45) is 0 Å². The molecule has 0 aromatic heterocycles. The van der Waals surface area contributed by atoms with Gasteiger partial charge in [0.15, 0.2) is 11.5 Å². The molecule has 2 aromatic rings. The highest BCUT2D eigenvalue weighted by atomic mass is 16.6. The summed E-state index contributed by atoms with van der Waals surface area (Å²) in [4.78, 5) is 42.6. The number of hydrogen-bond donors (Lipinski definition) is 1. The summed E-state index contributed by atoms with van der Waals surface area (Å²) in [5.74, 6) is 0.636. The van der Waals surface area contributed by atoms with Crippen LogP contribution in [0.25, 0.3) is 0 Å². The third-order valence-corrected chi connectivity index (χ3v) is 6.70. The number of para-hydroxylation sites is 1. The molecule has 0 saturated carbocycles. The van der Waals surface area contributed by atoms with E-state index < -0.39 is 23.9 Å². The van der Waals surface area contributed by atoms with Gasteiger partial charge in [0.2, 0.25) is 5.91 Å². The van der Waals surface area contributed by atoms with E-state index in [1.807, 2.05) is 57.2 Å². The molecule has 39 heavy (non-hydrogen) atoms.